The van der Waals surface area contributed by atoms with Crippen molar-refractivity contribution in [1.29, 1.82) is 0 Å². The lowest BCUT2D eigenvalue weighted by Gasteiger charge is -1.83. The summed E-state index contributed by atoms with van der Waals surface area (Å²) in [5.41, 5.74) is 0. The number of halogens is 2. The van der Waals surface area contributed by atoms with Gasteiger partial charge < -0.3 is 10.1 Å². The minimum atomic E-state index is -0.839. The number of hydrogen-bond donors (Lipinski definition) is 0. The van der Waals surface area contributed by atoms with Crippen molar-refractivity contribution in [2.75, 3.05) is 0 Å². The minimum absolute atomic E-state index is 0.335. The van der Waals surface area contributed by atoms with E-state index in [2.05, 4.69) is 4.98 Å². The van der Waals surface area contributed by atoms with Crippen molar-refractivity contribution in [3.05, 3.63) is 18.3 Å². The van der Waals surface area contributed by atoms with Crippen molar-refractivity contribution < 1.29 is 9.31 Å². The Morgan fingerprint density at radius 3 is 2.60 bits per heavy atom. The summed E-state index contributed by atoms with van der Waals surface area (Å²) < 4.78 is 12.7. The molecule has 1 rings (SSSR count). The number of rotatable bonds is 1. The molecular formula is C3FIN2O2S. The third kappa shape index (κ3) is 1.40. The minimum Gasteiger partial charge on any atom is -0.358 e. The molecule has 0 N–H and O–H groups in total. The molecule has 1 aromatic rings. The standard InChI is InChI=1S/C3FIN2O2S/c4-1-2(7(8)9)6-3(5)10-1. The predicted octanol–water partition coefficient (Wildman–Crippen LogP) is 1.79. The largest absolute Gasteiger partial charge is 0.412 e. The van der Waals surface area contributed by atoms with Gasteiger partial charge in [-0.15, -0.1) is 0 Å². The summed E-state index contributed by atoms with van der Waals surface area (Å²) in [5.74, 6) is -0.686. The molecule has 0 unspecified atom stereocenters. The van der Waals surface area contributed by atoms with E-state index < -0.39 is 15.9 Å². The molecule has 1 heterocycles. The van der Waals surface area contributed by atoms with Gasteiger partial charge in [-0.3, -0.25) is 0 Å². The predicted molar refractivity (Wildman–Crippen MR) is 41.4 cm³/mol. The van der Waals surface area contributed by atoms with Crippen LogP contribution in [0.25, 0.3) is 0 Å². The van der Waals surface area contributed by atoms with E-state index >= 15 is 0 Å². The molecule has 4 nitrogen and oxygen atoms in total. The maximum Gasteiger partial charge on any atom is 0.412 e. The lowest BCUT2D eigenvalue weighted by atomic mass is 10.8. The molecule has 10 heavy (non-hydrogen) atoms. The van der Waals surface area contributed by atoms with E-state index in [-0.39, 0.29) is 0 Å². The molecule has 0 bridgehead atoms. The molecular weight excluding hydrogens is 274 g/mol. The number of nitro groups is 1. The molecule has 0 aliphatic rings. The fraction of sp³-hybridized carbons (Fsp3) is 0. The molecule has 0 aliphatic carbocycles. The van der Waals surface area contributed by atoms with Crippen molar-refractivity contribution >= 4 is 39.7 Å². The summed E-state index contributed by atoms with van der Waals surface area (Å²) in [6.45, 7) is 0. The van der Waals surface area contributed by atoms with Gasteiger partial charge in [-0.05, 0) is 21.2 Å². The van der Waals surface area contributed by atoms with Gasteiger partial charge in [0, 0.05) is 22.6 Å². The molecule has 0 amide bonds. The summed E-state index contributed by atoms with van der Waals surface area (Å²) in [4.78, 5) is 12.4. The van der Waals surface area contributed by atoms with Crippen LogP contribution in [0.15, 0.2) is 0 Å². The number of nitrogens with zero attached hydrogens (tertiary/aromatic N) is 2. The average Bonchev–Trinajstić information content (AvgIpc) is 2.10. The maximum absolute atomic E-state index is 12.4. The molecule has 54 valence electrons. The second kappa shape index (κ2) is 2.74. The third-order valence-electron chi connectivity index (χ3n) is 0.716. The van der Waals surface area contributed by atoms with E-state index in [1.165, 1.54) is 0 Å². The summed E-state index contributed by atoms with van der Waals surface area (Å²) in [6, 6.07) is 0. The van der Waals surface area contributed by atoms with Gasteiger partial charge in [-0.1, -0.05) is 0 Å². The molecule has 0 aliphatic heterocycles. The molecule has 0 aromatic carbocycles. The van der Waals surface area contributed by atoms with Crippen molar-refractivity contribution in [3.8, 4) is 0 Å². The lowest BCUT2D eigenvalue weighted by Crippen LogP contribution is -1.89. The summed E-state index contributed by atoms with van der Waals surface area (Å²) >= 11 is 2.39. The third-order valence-corrected chi connectivity index (χ3v) is 2.24. The fourth-order valence-corrected chi connectivity index (χ4v) is 1.68. The second-order valence-corrected chi connectivity index (χ2v) is 4.02. The topological polar surface area (TPSA) is 56.0 Å². The van der Waals surface area contributed by atoms with Gasteiger partial charge in [0.25, 0.3) is 8.15 Å². The molecule has 0 fully saturated rings. The van der Waals surface area contributed by atoms with Crippen LogP contribution >= 0.6 is 33.9 Å². The summed E-state index contributed by atoms with van der Waals surface area (Å²) in [5, 5.41) is 9.10. The Kier molecular flexibility index (Phi) is 2.14. The zero-order valence-electron chi connectivity index (χ0n) is 4.38. The summed E-state index contributed by atoms with van der Waals surface area (Å²) in [6.07, 6.45) is 0. The van der Waals surface area contributed by atoms with Gasteiger partial charge in [0.15, 0.2) is 0 Å². The van der Waals surface area contributed by atoms with Gasteiger partial charge in [0.05, 0.1) is 0 Å². The van der Waals surface area contributed by atoms with Crippen LogP contribution in [0.1, 0.15) is 0 Å². The van der Waals surface area contributed by atoms with Crippen molar-refractivity contribution in [1.82, 2.24) is 4.98 Å². The van der Waals surface area contributed by atoms with Crippen LogP contribution in [-0.2, 0) is 0 Å². The molecule has 0 atom stereocenters. The van der Waals surface area contributed by atoms with Gasteiger partial charge in [0.1, 0.15) is 0 Å². The highest BCUT2D eigenvalue weighted by atomic mass is 127. The van der Waals surface area contributed by atoms with E-state index in [9.17, 15) is 14.5 Å². The Morgan fingerprint density at radius 1 is 1.80 bits per heavy atom. The highest BCUT2D eigenvalue weighted by Crippen LogP contribution is 2.23. The first kappa shape index (κ1) is 7.79. The smallest absolute Gasteiger partial charge is 0.358 e. The van der Waals surface area contributed by atoms with Gasteiger partial charge in [-0.2, -0.15) is 4.39 Å². The Balaban J connectivity index is 3.15. The monoisotopic (exact) mass is 274 g/mol. The molecule has 0 radical (unpaired) electrons. The maximum atomic E-state index is 12.4. The highest BCUT2D eigenvalue weighted by molar-refractivity contribution is 14.1. The second-order valence-electron chi connectivity index (χ2n) is 1.32. The first-order valence-corrected chi connectivity index (χ1v) is 3.97. The SMILES string of the molecule is O=[N+]([O-])c1nc(I)sc1F. The van der Waals surface area contributed by atoms with Crippen molar-refractivity contribution in [2.45, 2.75) is 0 Å². The number of thiazole rings is 1. The zero-order valence-corrected chi connectivity index (χ0v) is 7.35. The van der Waals surface area contributed by atoms with Crippen LogP contribution in [0.2, 0.25) is 0 Å². The van der Waals surface area contributed by atoms with Gasteiger partial charge in [-0.25, -0.2) is 0 Å². The highest BCUT2D eigenvalue weighted by Gasteiger charge is 2.20. The number of hydrogen-bond acceptors (Lipinski definition) is 4. The van der Waals surface area contributed by atoms with Crippen LogP contribution in [0.4, 0.5) is 10.2 Å². The fourth-order valence-electron chi connectivity index (χ4n) is 0.382. The Labute approximate surface area is 72.4 Å². The van der Waals surface area contributed by atoms with E-state index in [4.69, 9.17) is 0 Å². The Morgan fingerprint density at radius 2 is 2.40 bits per heavy atom. The van der Waals surface area contributed by atoms with Crippen LogP contribution in [0, 0.1) is 18.3 Å². The van der Waals surface area contributed by atoms with Crippen molar-refractivity contribution in [3.63, 3.8) is 0 Å². The normalized spacial score (nSPS) is 9.80. The Bertz CT molecular complexity index is 275. The van der Waals surface area contributed by atoms with E-state index in [0.29, 0.717) is 14.4 Å². The first-order chi connectivity index (χ1) is 4.61. The summed E-state index contributed by atoms with van der Waals surface area (Å²) in [7, 11) is 0. The van der Waals surface area contributed by atoms with Gasteiger partial charge >= 0.3 is 5.82 Å². The molecule has 0 saturated carbocycles. The van der Waals surface area contributed by atoms with E-state index in [1.54, 1.807) is 22.6 Å². The average molecular weight is 274 g/mol. The first-order valence-electron chi connectivity index (χ1n) is 2.07. The van der Waals surface area contributed by atoms with E-state index in [0.717, 1.165) is 0 Å². The lowest BCUT2D eigenvalue weighted by molar-refractivity contribution is -0.391. The molecule has 7 heteroatoms. The molecule has 1 aromatic heterocycles. The zero-order chi connectivity index (χ0) is 7.72. The molecule has 0 saturated heterocycles. The van der Waals surface area contributed by atoms with Crippen LogP contribution in [-0.4, -0.2) is 9.91 Å². The van der Waals surface area contributed by atoms with Gasteiger partial charge in [0.2, 0.25) is 0 Å². The number of aromatic nitrogens is 1. The van der Waals surface area contributed by atoms with Crippen LogP contribution < -0.4 is 0 Å². The molecule has 0 spiro atoms. The van der Waals surface area contributed by atoms with Crippen LogP contribution in [0.5, 0.6) is 0 Å². The van der Waals surface area contributed by atoms with E-state index in [1.807, 2.05) is 0 Å². The quantitative estimate of drug-likeness (QED) is 0.445. The Hall–Kier alpha value is -0.310. The van der Waals surface area contributed by atoms with Crippen LogP contribution in [0.3, 0.4) is 0 Å². The van der Waals surface area contributed by atoms with Crippen molar-refractivity contribution in [2.24, 2.45) is 0 Å².